The molecule has 1 atom stereocenters. The minimum Gasteiger partial charge on any atom is -0.382 e. The summed E-state index contributed by atoms with van der Waals surface area (Å²) in [4.78, 5) is 4.04. The lowest BCUT2D eigenvalue weighted by molar-refractivity contribution is 0.211. The van der Waals surface area contributed by atoms with Crippen LogP contribution in [0.5, 0.6) is 0 Å². The molecular weight excluding hydrogens is 315 g/mol. The number of aromatic nitrogens is 2. The summed E-state index contributed by atoms with van der Waals surface area (Å²) in [5, 5.41) is 12.7. The van der Waals surface area contributed by atoms with E-state index < -0.39 is 6.10 Å². The van der Waals surface area contributed by atoms with Crippen LogP contribution in [-0.4, -0.2) is 14.7 Å². The fourth-order valence-electron chi connectivity index (χ4n) is 3.18. The molecule has 0 aliphatic rings. The zero-order chi connectivity index (χ0) is 17.4. The summed E-state index contributed by atoms with van der Waals surface area (Å²) in [6.07, 6.45) is 2.39. The van der Waals surface area contributed by atoms with Gasteiger partial charge in [-0.05, 0) is 34.0 Å². The van der Waals surface area contributed by atoms with Crippen molar-refractivity contribution >= 4 is 10.8 Å². The van der Waals surface area contributed by atoms with Crippen LogP contribution < -0.4 is 0 Å². The van der Waals surface area contributed by atoms with Gasteiger partial charge in [0.05, 0.1) is 18.2 Å². The fraction of sp³-hybridized carbons (Fsp3) is 0.0952. The Morgan fingerprint density at radius 3 is 2.60 bits per heavy atom. The molecule has 1 N–H and O–H groups in total. The Balaban J connectivity index is 1.87. The van der Waals surface area contributed by atoms with Crippen LogP contribution in [0, 0.1) is 5.82 Å². The van der Waals surface area contributed by atoms with Crippen LogP contribution in [0.1, 0.15) is 17.4 Å². The van der Waals surface area contributed by atoms with E-state index in [1.54, 1.807) is 29.2 Å². The smallest absolute Gasteiger partial charge is 0.131 e. The molecule has 0 bridgehead atoms. The van der Waals surface area contributed by atoms with Crippen molar-refractivity contribution in [2.24, 2.45) is 7.05 Å². The van der Waals surface area contributed by atoms with Gasteiger partial charge in [0.2, 0.25) is 0 Å². The molecule has 0 radical (unpaired) electrons. The lowest BCUT2D eigenvalue weighted by atomic mass is 9.95. The average molecular weight is 332 g/mol. The second-order valence-electron chi connectivity index (χ2n) is 6.10. The molecule has 0 saturated carbocycles. The molecule has 3 aromatic carbocycles. The second-order valence-corrected chi connectivity index (χ2v) is 6.10. The van der Waals surface area contributed by atoms with Gasteiger partial charge in [-0.3, -0.25) is 0 Å². The molecule has 0 saturated heterocycles. The number of imidazole rings is 1. The molecule has 0 spiro atoms. The Morgan fingerprint density at radius 1 is 1.00 bits per heavy atom. The van der Waals surface area contributed by atoms with Gasteiger partial charge in [0.25, 0.3) is 0 Å². The summed E-state index contributed by atoms with van der Waals surface area (Å²) < 4.78 is 16.3. The van der Waals surface area contributed by atoms with Crippen molar-refractivity contribution in [1.82, 2.24) is 9.55 Å². The minimum absolute atomic E-state index is 0.308. The number of hydrogen-bond acceptors (Lipinski definition) is 2. The normalized spacial score (nSPS) is 12.4. The number of aliphatic hydroxyl groups is 1. The Labute approximate surface area is 145 Å². The number of nitrogens with zero attached hydrogens (tertiary/aromatic N) is 2. The van der Waals surface area contributed by atoms with Gasteiger partial charge in [-0.25, -0.2) is 9.37 Å². The summed E-state index contributed by atoms with van der Waals surface area (Å²) in [5.74, 6) is -0.308. The number of fused-ring (bicyclic) bond motifs is 1. The number of aryl methyl sites for hydroxylation is 1. The number of rotatable bonds is 3. The van der Waals surface area contributed by atoms with E-state index in [2.05, 4.69) is 4.98 Å². The molecule has 0 fully saturated rings. The highest BCUT2D eigenvalue weighted by Gasteiger charge is 2.17. The fourth-order valence-corrected chi connectivity index (χ4v) is 3.18. The van der Waals surface area contributed by atoms with Crippen LogP contribution in [0.4, 0.5) is 4.39 Å². The van der Waals surface area contributed by atoms with Crippen LogP contribution in [0.3, 0.4) is 0 Å². The number of benzene rings is 3. The molecule has 1 unspecified atom stereocenters. The van der Waals surface area contributed by atoms with E-state index in [9.17, 15) is 9.50 Å². The summed E-state index contributed by atoms with van der Waals surface area (Å²) in [7, 11) is 1.82. The lowest BCUT2D eigenvalue weighted by Crippen LogP contribution is -2.05. The van der Waals surface area contributed by atoms with Gasteiger partial charge in [-0.1, -0.05) is 48.5 Å². The van der Waals surface area contributed by atoms with Crippen LogP contribution in [0.15, 0.2) is 73.2 Å². The third kappa shape index (κ3) is 2.71. The molecule has 4 rings (SSSR count). The summed E-state index contributed by atoms with van der Waals surface area (Å²) in [5.41, 5.74) is 2.59. The summed E-state index contributed by atoms with van der Waals surface area (Å²) >= 11 is 0. The van der Waals surface area contributed by atoms with Crippen molar-refractivity contribution in [3.63, 3.8) is 0 Å². The first kappa shape index (κ1) is 15.5. The van der Waals surface area contributed by atoms with Crippen molar-refractivity contribution < 1.29 is 9.50 Å². The van der Waals surface area contributed by atoms with Crippen LogP contribution in [-0.2, 0) is 7.05 Å². The topological polar surface area (TPSA) is 38.0 Å². The maximum atomic E-state index is 14.6. The first-order valence-corrected chi connectivity index (χ1v) is 8.07. The predicted octanol–water partition coefficient (Wildman–Crippen LogP) is 4.46. The Kier molecular flexibility index (Phi) is 3.82. The molecule has 0 aliphatic carbocycles. The SMILES string of the molecule is Cn1cncc1C(O)c1ccc(F)c(-c2cccc3ccccc23)c1. The summed E-state index contributed by atoms with van der Waals surface area (Å²) in [6, 6.07) is 18.5. The first-order chi connectivity index (χ1) is 12.1. The van der Waals surface area contributed by atoms with Crippen molar-refractivity contribution in [1.29, 1.82) is 0 Å². The van der Waals surface area contributed by atoms with Gasteiger partial charge in [0, 0.05) is 12.6 Å². The van der Waals surface area contributed by atoms with Crippen LogP contribution in [0.2, 0.25) is 0 Å². The maximum absolute atomic E-state index is 14.6. The molecule has 4 aromatic rings. The molecule has 0 aliphatic heterocycles. The zero-order valence-corrected chi connectivity index (χ0v) is 13.7. The third-order valence-electron chi connectivity index (χ3n) is 4.52. The Bertz CT molecular complexity index is 1050. The molecule has 0 amide bonds. The van der Waals surface area contributed by atoms with E-state index in [0.29, 0.717) is 16.8 Å². The molecule has 4 heteroatoms. The highest BCUT2D eigenvalue weighted by molar-refractivity contribution is 5.96. The largest absolute Gasteiger partial charge is 0.382 e. The maximum Gasteiger partial charge on any atom is 0.131 e. The summed E-state index contributed by atoms with van der Waals surface area (Å²) in [6.45, 7) is 0. The van der Waals surface area contributed by atoms with Crippen molar-refractivity contribution in [3.8, 4) is 11.1 Å². The molecule has 1 heterocycles. The van der Waals surface area contributed by atoms with Gasteiger partial charge < -0.3 is 9.67 Å². The van der Waals surface area contributed by atoms with E-state index in [0.717, 1.165) is 16.3 Å². The van der Waals surface area contributed by atoms with Gasteiger partial charge in [0.15, 0.2) is 0 Å². The van der Waals surface area contributed by atoms with E-state index in [1.165, 1.54) is 6.07 Å². The van der Waals surface area contributed by atoms with Crippen molar-refractivity contribution in [2.45, 2.75) is 6.10 Å². The first-order valence-electron chi connectivity index (χ1n) is 8.07. The molecule has 1 aromatic heterocycles. The predicted molar refractivity (Wildman–Crippen MR) is 96.6 cm³/mol. The Morgan fingerprint density at radius 2 is 1.80 bits per heavy atom. The van der Waals surface area contributed by atoms with E-state index in [1.807, 2.05) is 49.5 Å². The number of hydrogen-bond donors (Lipinski definition) is 1. The van der Waals surface area contributed by atoms with Gasteiger partial charge in [-0.15, -0.1) is 0 Å². The van der Waals surface area contributed by atoms with E-state index in [4.69, 9.17) is 0 Å². The third-order valence-corrected chi connectivity index (χ3v) is 4.52. The number of halogens is 1. The zero-order valence-electron chi connectivity index (χ0n) is 13.7. The minimum atomic E-state index is -0.859. The van der Waals surface area contributed by atoms with Crippen LogP contribution in [0.25, 0.3) is 21.9 Å². The van der Waals surface area contributed by atoms with Gasteiger partial charge in [-0.2, -0.15) is 0 Å². The second kappa shape index (κ2) is 6.15. The number of aliphatic hydroxyl groups excluding tert-OH is 1. The highest BCUT2D eigenvalue weighted by Crippen LogP contribution is 2.33. The van der Waals surface area contributed by atoms with Gasteiger partial charge >= 0.3 is 0 Å². The lowest BCUT2D eigenvalue weighted by Gasteiger charge is -2.14. The van der Waals surface area contributed by atoms with Crippen molar-refractivity contribution in [3.05, 3.63) is 90.3 Å². The average Bonchev–Trinajstić information content (AvgIpc) is 3.07. The molecular formula is C21H17FN2O. The van der Waals surface area contributed by atoms with Gasteiger partial charge in [0.1, 0.15) is 11.9 Å². The molecule has 124 valence electrons. The molecule has 25 heavy (non-hydrogen) atoms. The van der Waals surface area contributed by atoms with Crippen molar-refractivity contribution in [2.75, 3.05) is 0 Å². The highest BCUT2D eigenvalue weighted by atomic mass is 19.1. The Hall–Kier alpha value is -2.98. The quantitative estimate of drug-likeness (QED) is 0.601. The molecule has 3 nitrogen and oxygen atoms in total. The van der Waals surface area contributed by atoms with Crippen LogP contribution >= 0.6 is 0 Å². The van der Waals surface area contributed by atoms with E-state index >= 15 is 0 Å². The monoisotopic (exact) mass is 332 g/mol. The van der Waals surface area contributed by atoms with E-state index in [-0.39, 0.29) is 5.82 Å². The standard InChI is InChI=1S/C21H17FN2O/c1-24-13-23-12-20(24)21(25)15-9-10-19(22)18(11-15)17-8-4-6-14-5-2-3-7-16(14)17/h2-13,21,25H,1H3.